The van der Waals surface area contributed by atoms with Gasteiger partial charge in [-0.15, -0.1) is 6.58 Å². The topological polar surface area (TPSA) is 76.2 Å². The third kappa shape index (κ3) is 2.31. The van der Waals surface area contributed by atoms with E-state index in [1.165, 1.54) is 0 Å². The quantitative estimate of drug-likeness (QED) is 0.501. The van der Waals surface area contributed by atoms with E-state index in [1.807, 2.05) is 0 Å². The average Bonchev–Trinajstić information content (AvgIpc) is 2.91. The molecule has 3 atom stereocenters. The van der Waals surface area contributed by atoms with Gasteiger partial charge in [-0.1, -0.05) is 23.7 Å². The molecule has 92 valence electrons. The summed E-state index contributed by atoms with van der Waals surface area (Å²) in [4.78, 5) is 14.1. The molecule has 3 N–H and O–H groups in total. The van der Waals surface area contributed by atoms with Crippen LogP contribution in [-0.2, 0) is 10.7 Å². The lowest BCUT2D eigenvalue weighted by atomic mass is 10.4. The highest BCUT2D eigenvalue weighted by molar-refractivity contribution is 7.59. The molecule has 6 heteroatoms. The van der Waals surface area contributed by atoms with Crippen molar-refractivity contribution >= 4 is 19.0 Å². The van der Waals surface area contributed by atoms with Crippen molar-refractivity contribution in [1.82, 2.24) is 4.98 Å². The summed E-state index contributed by atoms with van der Waals surface area (Å²) in [5, 5.41) is -0.719. The summed E-state index contributed by atoms with van der Waals surface area (Å²) in [6.45, 7) is 3.60. The summed E-state index contributed by atoms with van der Waals surface area (Å²) in [5.41, 5.74) is 6.41. The minimum absolute atomic E-state index is 0.0472. The second-order valence-corrected chi connectivity index (χ2v) is 7.29. The molecule has 0 aliphatic heterocycles. The van der Waals surface area contributed by atoms with E-state index in [4.69, 9.17) is 17.3 Å². The Balaban J connectivity index is 2.19. The molecule has 0 amide bonds. The number of aromatic nitrogens is 1. The van der Waals surface area contributed by atoms with E-state index >= 15 is 0 Å². The number of hydrogen-bond acceptors (Lipinski definition) is 3. The Morgan fingerprint density at radius 1 is 1.76 bits per heavy atom. The smallest absolute Gasteiger partial charge is 0.226 e. The molecule has 1 heterocycles. The first-order valence-electron chi connectivity index (χ1n) is 5.24. The second-order valence-electron chi connectivity index (χ2n) is 4.35. The molecule has 0 radical (unpaired) electrons. The first-order valence-corrected chi connectivity index (χ1v) is 7.46. The zero-order chi connectivity index (χ0) is 12.7. The number of nitrogens with zero attached hydrogens (tertiary/aromatic N) is 1. The minimum atomic E-state index is -3.49. The molecular weight excluding hydrogens is 259 g/mol. The van der Waals surface area contributed by atoms with E-state index in [0.29, 0.717) is 17.3 Å². The van der Waals surface area contributed by atoms with E-state index in [1.54, 1.807) is 24.3 Å². The van der Waals surface area contributed by atoms with E-state index in [2.05, 4.69) is 11.6 Å². The van der Waals surface area contributed by atoms with Gasteiger partial charge in [0.2, 0.25) is 7.37 Å². The van der Waals surface area contributed by atoms with Gasteiger partial charge in [-0.3, -0.25) is 4.57 Å². The van der Waals surface area contributed by atoms with Gasteiger partial charge >= 0.3 is 0 Å². The fourth-order valence-electron chi connectivity index (χ4n) is 1.89. The highest BCUT2D eigenvalue weighted by atomic mass is 35.5. The lowest BCUT2D eigenvalue weighted by Gasteiger charge is -2.19. The summed E-state index contributed by atoms with van der Waals surface area (Å²) in [7, 11) is -3.49. The summed E-state index contributed by atoms with van der Waals surface area (Å²) in [5.74, 6) is -0.0856. The molecule has 0 saturated heterocycles. The summed E-state index contributed by atoms with van der Waals surface area (Å²) < 4.78 is 12.2. The van der Waals surface area contributed by atoms with Gasteiger partial charge in [0.1, 0.15) is 10.4 Å². The largest absolute Gasteiger partial charge is 0.343 e. The Bertz CT molecular complexity index is 508. The van der Waals surface area contributed by atoms with E-state index in [9.17, 15) is 9.46 Å². The van der Waals surface area contributed by atoms with Gasteiger partial charge in [-0.05, 0) is 18.6 Å². The van der Waals surface area contributed by atoms with E-state index in [-0.39, 0.29) is 12.1 Å². The number of rotatable bonds is 4. The maximum Gasteiger partial charge on any atom is 0.226 e. The normalized spacial score (nSPS) is 30.6. The van der Waals surface area contributed by atoms with Gasteiger partial charge in [0, 0.05) is 5.92 Å². The first kappa shape index (κ1) is 12.8. The van der Waals surface area contributed by atoms with E-state index < -0.39 is 12.6 Å². The molecule has 17 heavy (non-hydrogen) atoms. The molecule has 1 unspecified atom stereocenters. The highest BCUT2D eigenvalue weighted by Crippen LogP contribution is 2.68. The Morgan fingerprint density at radius 2 is 2.47 bits per heavy atom. The van der Waals surface area contributed by atoms with Crippen LogP contribution in [0, 0.1) is 5.92 Å². The zero-order valence-corrected chi connectivity index (χ0v) is 10.9. The molecule has 1 saturated carbocycles. The minimum Gasteiger partial charge on any atom is -0.343 e. The van der Waals surface area contributed by atoms with Gasteiger partial charge in [-0.25, -0.2) is 4.98 Å². The molecule has 1 aromatic rings. The van der Waals surface area contributed by atoms with Crippen LogP contribution in [0.3, 0.4) is 0 Å². The monoisotopic (exact) mass is 272 g/mol. The maximum atomic E-state index is 12.2. The molecule has 1 aliphatic carbocycles. The van der Waals surface area contributed by atoms with Crippen LogP contribution in [0.2, 0.25) is 5.15 Å². The Morgan fingerprint density at radius 3 is 3.00 bits per heavy atom. The fraction of sp³-hybridized carbons (Fsp3) is 0.364. The van der Waals surface area contributed by atoms with Crippen molar-refractivity contribution in [2.75, 3.05) is 0 Å². The Hall–Kier alpha value is -0.670. The summed E-state index contributed by atoms with van der Waals surface area (Å²) in [6.07, 6.45) is 2.09. The standard InChI is InChI=1S/C11H14ClN2O2P/c1-2-8-6-11(8,13)17(15,16)7-9-4-3-5-10(12)14-9/h2-5,8H,1,6-7,13H2,(H,15,16)/t8-,11+/m1/s1. The molecule has 1 fully saturated rings. The van der Waals surface area contributed by atoms with Crippen molar-refractivity contribution < 1.29 is 9.46 Å². The average molecular weight is 273 g/mol. The third-order valence-electron chi connectivity index (χ3n) is 3.11. The lowest BCUT2D eigenvalue weighted by molar-refractivity contribution is 0.455. The molecule has 4 nitrogen and oxygen atoms in total. The van der Waals surface area contributed by atoms with Gasteiger partial charge in [-0.2, -0.15) is 0 Å². The molecule has 0 aromatic carbocycles. The van der Waals surface area contributed by atoms with Gasteiger partial charge < -0.3 is 10.6 Å². The van der Waals surface area contributed by atoms with Gasteiger partial charge in [0.15, 0.2) is 0 Å². The number of hydrogen-bond donors (Lipinski definition) is 2. The fourth-order valence-corrected chi connectivity index (χ4v) is 4.08. The van der Waals surface area contributed by atoms with Crippen molar-refractivity contribution in [3.63, 3.8) is 0 Å². The van der Waals surface area contributed by atoms with Crippen LogP contribution in [-0.4, -0.2) is 15.2 Å². The zero-order valence-electron chi connectivity index (χ0n) is 9.21. The SMILES string of the molecule is C=C[C@@H]1C[C@]1(N)P(=O)(O)Cc1cccc(Cl)n1. The molecule has 0 bridgehead atoms. The second kappa shape index (κ2) is 4.21. The van der Waals surface area contributed by atoms with Crippen LogP contribution in [0.25, 0.3) is 0 Å². The summed E-state index contributed by atoms with van der Waals surface area (Å²) in [6, 6.07) is 4.99. The first-order chi connectivity index (χ1) is 7.89. The number of nitrogens with two attached hydrogens (primary N) is 1. The molecule has 1 aromatic heterocycles. The number of halogens is 1. The van der Waals surface area contributed by atoms with Crippen LogP contribution in [0.5, 0.6) is 0 Å². The van der Waals surface area contributed by atoms with Crippen LogP contribution in [0.15, 0.2) is 30.9 Å². The maximum absolute atomic E-state index is 12.2. The van der Waals surface area contributed by atoms with Crippen LogP contribution in [0.1, 0.15) is 12.1 Å². The Labute approximate surface area is 105 Å². The van der Waals surface area contributed by atoms with Gasteiger partial charge in [0.05, 0.1) is 11.9 Å². The Kier molecular flexibility index (Phi) is 3.17. The predicted molar refractivity (Wildman–Crippen MR) is 68.0 cm³/mol. The molecule has 2 rings (SSSR count). The van der Waals surface area contributed by atoms with Crippen LogP contribution in [0.4, 0.5) is 0 Å². The number of pyridine rings is 1. The lowest BCUT2D eigenvalue weighted by Crippen LogP contribution is -2.25. The van der Waals surface area contributed by atoms with Crippen molar-refractivity contribution in [2.24, 2.45) is 11.7 Å². The third-order valence-corrected chi connectivity index (χ3v) is 5.89. The van der Waals surface area contributed by atoms with Crippen molar-refractivity contribution in [3.05, 3.63) is 41.7 Å². The summed E-state index contributed by atoms with van der Waals surface area (Å²) >= 11 is 5.73. The van der Waals surface area contributed by atoms with Crippen molar-refractivity contribution in [2.45, 2.75) is 17.9 Å². The van der Waals surface area contributed by atoms with Crippen molar-refractivity contribution in [1.29, 1.82) is 0 Å². The van der Waals surface area contributed by atoms with Gasteiger partial charge in [0.25, 0.3) is 0 Å². The molecule has 1 aliphatic rings. The highest BCUT2D eigenvalue weighted by Gasteiger charge is 2.61. The molecule has 0 spiro atoms. The predicted octanol–water partition coefficient (Wildman–Crippen LogP) is 2.37. The van der Waals surface area contributed by atoms with E-state index in [0.717, 1.165) is 0 Å². The van der Waals surface area contributed by atoms with Crippen LogP contribution >= 0.6 is 19.0 Å². The van der Waals surface area contributed by atoms with Crippen molar-refractivity contribution in [3.8, 4) is 0 Å². The molecular formula is C11H14ClN2O2P. The van der Waals surface area contributed by atoms with Crippen LogP contribution < -0.4 is 5.73 Å².